The van der Waals surface area contributed by atoms with Crippen LogP contribution in [0.25, 0.3) is 0 Å². The lowest BCUT2D eigenvalue weighted by molar-refractivity contribution is -0.143. The van der Waals surface area contributed by atoms with Crippen LogP contribution in [-0.2, 0) is 9.59 Å². The van der Waals surface area contributed by atoms with Crippen molar-refractivity contribution in [1.29, 1.82) is 0 Å². The van der Waals surface area contributed by atoms with Crippen molar-refractivity contribution in [2.75, 3.05) is 6.54 Å². The lowest BCUT2D eigenvalue weighted by atomic mass is 9.97. The van der Waals surface area contributed by atoms with Crippen LogP contribution in [0.2, 0.25) is 0 Å². The summed E-state index contributed by atoms with van der Waals surface area (Å²) in [5, 5.41) is 15.0. The fourth-order valence-corrected chi connectivity index (χ4v) is 1.86. The summed E-state index contributed by atoms with van der Waals surface area (Å²) in [7, 11) is 0. The van der Waals surface area contributed by atoms with Crippen LogP contribution in [0.4, 0.5) is 0 Å². The topological polar surface area (TPSA) is 78.4 Å². The highest BCUT2D eigenvalue weighted by atomic mass is 16.4. The van der Waals surface area contributed by atoms with E-state index in [2.05, 4.69) is 10.6 Å². The maximum Gasteiger partial charge on any atom is 0.326 e. The number of hydrogen-bond donors (Lipinski definition) is 3. The zero-order chi connectivity index (χ0) is 15.0. The van der Waals surface area contributed by atoms with Gasteiger partial charge in [0.1, 0.15) is 6.04 Å². The maximum absolute atomic E-state index is 12.2. The van der Waals surface area contributed by atoms with Gasteiger partial charge in [0.15, 0.2) is 0 Å². The van der Waals surface area contributed by atoms with Gasteiger partial charge in [0.25, 0.3) is 0 Å². The van der Waals surface area contributed by atoms with E-state index >= 15 is 0 Å². The van der Waals surface area contributed by atoms with Crippen LogP contribution in [0.1, 0.15) is 47.5 Å². The van der Waals surface area contributed by atoms with Crippen molar-refractivity contribution in [3.8, 4) is 0 Å². The van der Waals surface area contributed by atoms with Crippen molar-refractivity contribution >= 4 is 11.9 Å². The minimum absolute atomic E-state index is 0.0829. The number of rotatable bonds is 9. The van der Waals surface area contributed by atoms with E-state index in [1.807, 2.05) is 34.6 Å². The summed E-state index contributed by atoms with van der Waals surface area (Å²) in [6.07, 6.45) is 1.65. The molecule has 0 aromatic rings. The van der Waals surface area contributed by atoms with E-state index in [0.717, 1.165) is 13.0 Å². The smallest absolute Gasteiger partial charge is 0.326 e. The highest BCUT2D eigenvalue weighted by Crippen LogP contribution is 2.10. The number of carboxylic acid groups (broad SMARTS) is 1. The zero-order valence-electron chi connectivity index (χ0n) is 12.7. The number of hydrogen-bond acceptors (Lipinski definition) is 3. The molecular weight excluding hydrogens is 244 g/mol. The molecule has 3 atom stereocenters. The largest absolute Gasteiger partial charge is 0.480 e. The van der Waals surface area contributed by atoms with Gasteiger partial charge in [-0.15, -0.1) is 0 Å². The molecular formula is C14H28N2O3. The number of carbonyl (C=O) groups is 2. The van der Waals surface area contributed by atoms with Crippen molar-refractivity contribution in [2.24, 2.45) is 11.8 Å². The highest BCUT2D eigenvalue weighted by molar-refractivity contribution is 5.87. The molecule has 112 valence electrons. The molecule has 19 heavy (non-hydrogen) atoms. The van der Waals surface area contributed by atoms with Crippen LogP contribution in [0.3, 0.4) is 0 Å². The first-order valence-electron chi connectivity index (χ1n) is 7.11. The fourth-order valence-electron chi connectivity index (χ4n) is 1.86. The number of amides is 1. The molecule has 0 saturated heterocycles. The van der Waals surface area contributed by atoms with Crippen molar-refractivity contribution in [1.82, 2.24) is 10.6 Å². The van der Waals surface area contributed by atoms with Crippen molar-refractivity contribution < 1.29 is 14.7 Å². The molecule has 0 bridgehead atoms. The van der Waals surface area contributed by atoms with Crippen molar-refractivity contribution in [2.45, 2.75) is 59.5 Å². The zero-order valence-corrected chi connectivity index (χ0v) is 12.7. The lowest BCUT2D eigenvalue weighted by Crippen LogP contribution is -2.54. The summed E-state index contributed by atoms with van der Waals surface area (Å²) in [5.41, 5.74) is 0. The Bertz CT molecular complexity index is 292. The SMILES string of the molecule is CCCN[C@H](C(=O)N[C@H](C(=O)O)[C@@H](C)CC)C(C)C. The third-order valence-corrected chi connectivity index (χ3v) is 3.34. The Morgan fingerprint density at radius 3 is 2.05 bits per heavy atom. The van der Waals surface area contributed by atoms with Gasteiger partial charge in [-0.05, 0) is 24.8 Å². The maximum atomic E-state index is 12.2. The Morgan fingerprint density at radius 2 is 1.68 bits per heavy atom. The number of carboxylic acids is 1. The Balaban J connectivity index is 4.71. The van der Waals surface area contributed by atoms with Crippen LogP contribution in [-0.4, -0.2) is 35.6 Å². The average molecular weight is 272 g/mol. The number of aliphatic carboxylic acids is 1. The first-order valence-corrected chi connectivity index (χ1v) is 7.11. The van der Waals surface area contributed by atoms with Crippen LogP contribution in [0.5, 0.6) is 0 Å². The summed E-state index contributed by atoms with van der Waals surface area (Å²) in [6, 6.07) is -1.16. The fraction of sp³-hybridized carbons (Fsp3) is 0.857. The van der Waals surface area contributed by atoms with Gasteiger partial charge in [-0.2, -0.15) is 0 Å². The van der Waals surface area contributed by atoms with E-state index in [0.29, 0.717) is 6.42 Å². The van der Waals surface area contributed by atoms with Gasteiger partial charge in [0, 0.05) is 0 Å². The second-order valence-corrected chi connectivity index (χ2v) is 5.39. The lowest BCUT2D eigenvalue weighted by Gasteiger charge is -2.26. The first-order chi connectivity index (χ1) is 8.84. The standard InChI is InChI=1S/C14H28N2O3/c1-6-8-15-11(9(3)4)13(17)16-12(14(18)19)10(5)7-2/h9-12,15H,6-8H2,1-5H3,(H,16,17)(H,18,19)/t10-,11-,12-/m0/s1. The van der Waals surface area contributed by atoms with E-state index in [-0.39, 0.29) is 23.8 Å². The van der Waals surface area contributed by atoms with Gasteiger partial charge < -0.3 is 15.7 Å². The molecule has 0 rings (SSSR count). The Kier molecular flexibility index (Phi) is 8.39. The second-order valence-electron chi connectivity index (χ2n) is 5.39. The van der Waals surface area contributed by atoms with Crippen molar-refractivity contribution in [3.63, 3.8) is 0 Å². The third-order valence-electron chi connectivity index (χ3n) is 3.34. The molecule has 0 aromatic carbocycles. The van der Waals surface area contributed by atoms with E-state index in [1.165, 1.54) is 0 Å². The Morgan fingerprint density at radius 1 is 1.11 bits per heavy atom. The Hall–Kier alpha value is -1.10. The predicted octanol–water partition coefficient (Wildman–Crippen LogP) is 1.63. The van der Waals surface area contributed by atoms with E-state index in [1.54, 1.807) is 0 Å². The highest BCUT2D eigenvalue weighted by Gasteiger charge is 2.29. The third kappa shape index (κ3) is 6.05. The van der Waals surface area contributed by atoms with Crippen LogP contribution < -0.4 is 10.6 Å². The summed E-state index contributed by atoms with van der Waals surface area (Å²) in [5.74, 6) is -1.16. The molecule has 3 N–H and O–H groups in total. The molecule has 0 saturated carbocycles. The van der Waals surface area contributed by atoms with Crippen LogP contribution in [0, 0.1) is 11.8 Å². The summed E-state index contributed by atoms with van der Waals surface area (Å²) in [4.78, 5) is 23.4. The van der Waals surface area contributed by atoms with Gasteiger partial charge in [0.05, 0.1) is 6.04 Å². The predicted molar refractivity (Wildman–Crippen MR) is 75.9 cm³/mol. The molecule has 0 spiro atoms. The molecule has 0 unspecified atom stereocenters. The molecule has 0 fully saturated rings. The van der Waals surface area contributed by atoms with Gasteiger partial charge in [-0.25, -0.2) is 4.79 Å². The van der Waals surface area contributed by atoms with Crippen molar-refractivity contribution in [3.05, 3.63) is 0 Å². The molecule has 0 heterocycles. The quantitative estimate of drug-likeness (QED) is 0.596. The van der Waals surface area contributed by atoms with Gasteiger partial charge in [-0.3, -0.25) is 4.79 Å². The van der Waals surface area contributed by atoms with Gasteiger partial charge in [0.2, 0.25) is 5.91 Å². The van der Waals surface area contributed by atoms with E-state index in [4.69, 9.17) is 0 Å². The summed E-state index contributed by atoms with van der Waals surface area (Å²) in [6.45, 7) is 10.4. The first kappa shape index (κ1) is 17.9. The molecule has 0 aliphatic carbocycles. The molecule has 5 nitrogen and oxygen atoms in total. The monoisotopic (exact) mass is 272 g/mol. The molecule has 0 radical (unpaired) electrons. The molecule has 0 aromatic heterocycles. The molecule has 1 amide bonds. The summed E-state index contributed by atoms with van der Waals surface area (Å²) >= 11 is 0. The molecule has 5 heteroatoms. The normalized spacial score (nSPS) is 15.9. The minimum atomic E-state index is -0.972. The van der Waals surface area contributed by atoms with E-state index < -0.39 is 12.0 Å². The average Bonchev–Trinajstić information content (AvgIpc) is 2.34. The molecule has 0 aliphatic heterocycles. The number of nitrogens with one attached hydrogen (secondary N) is 2. The van der Waals surface area contributed by atoms with Crippen LogP contribution in [0.15, 0.2) is 0 Å². The second kappa shape index (κ2) is 8.91. The van der Waals surface area contributed by atoms with E-state index in [9.17, 15) is 14.7 Å². The van der Waals surface area contributed by atoms with Gasteiger partial charge in [-0.1, -0.05) is 41.0 Å². The summed E-state index contributed by atoms with van der Waals surface area (Å²) < 4.78 is 0. The minimum Gasteiger partial charge on any atom is -0.480 e. The van der Waals surface area contributed by atoms with Crippen LogP contribution >= 0.6 is 0 Å². The van der Waals surface area contributed by atoms with Gasteiger partial charge >= 0.3 is 5.97 Å². The molecule has 0 aliphatic rings. The Labute approximate surface area is 116 Å². The number of carbonyl (C=O) groups excluding carboxylic acids is 1.